The lowest BCUT2D eigenvalue weighted by Crippen LogP contribution is -2.63. The number of carbonyl (C=O) groups excluding carboxylic acids is 4. The summed E-state index contributed by atoms with van der Waals surface area (Å²) in [5, 5.41) is 0. The maximum absolute atomic E-state index is 11.8. The van der Waals surface area contributed by atoms with Gasteiger partial charge in [0.25, 0.3) is 0 Å². The number of nitrogens with zero attached hydrogens (tertiary/aromatic N) is 1. The van der Waals surface area contributed by atoms with Gasteiger partial charge in [0.05, 0.1) is 27.2 Å². The van der Waals surface area contributed by atoms with E-state index < -0.39 is 54.6 Å². The summed E-state index contributed by atoms with van der Waals surface area (Å²) in [6.45, 7) is 6.09. The van der Waals surface area contributed by atoms with Crippen molar-refractivity contribution in [3.05, 3.63) is 0 Å². The summed E-state index contributed by atoms with van der Waals surface area (Å²) in [5.74, 6) is 0.00877. The van der Waals surface area contributed by atoms with Crippen LogP contribution in [0.3, 0.4) is 0 Å². The summed E-state index contributed by atoms with van der Waals surface area (Å²) in [4.78, 5) is 46.7. The van der Waals surface area contributed by atoms with E-state index >= 15 is 0 Å². The fourth-order valence-electron chi connectivity index (χ4n) is 3.49. The quantitative estimate of drug-likeness (QED) is 0.127. The number of ether oxygens (including phenoxy) is 6. The van der Waals surface area contributed by atoms with Gasteiger partial charge < -0.3 is 32.9 Å². The predicted octanol–water partition coefficient (Wildman–Crippen LogP) is 0.576. The molecule has 1 aliphatic heterocycles. The van der Waals surface area contributed by atoms with Gasteiger partial charge in [0, 0.05) is 27.7 Å². The molecule has 11 heteroatoms. The highest BCUT2D eigenvalue weighted by Gasteiger charge is 2.52. The molecule has 0 N–H and O–H groups in total. The molecule has 0 aromatic rings. The van der Waals surface area contributed by atoms with E-state index in [1.807, 2.05) is 14.1 Å². The van der Waals surface area contributed by atoms with E-state index in [0.29, 0.717) is 17.4 Å². The summed E-state index contributed by atoms with van der Waals surface area (Å²) in [6.07, 6.45) is 1.01. The number of terminal acetylenes is 1. The number of quaternary nitrogens is 1. The maximum Gasteiger partial charge on any atom is 0.303 e. The smallest absolute Gasteiger partial charge is 0.303 e. The Morgan fingerprint density at radius 1 is 0.853 bits per heavy atom. The van der Waals surface area contributed by atoms with Crippen LogP contribution in [0.2, 0.25) is 0 Å². The molecule has 0 amide bonds. The van der Waals surface area contributed by atoms with E-state index in [4.69, 9.17) is 34.8 Å². The highest BCUT2D eigenvalue weighted by molar-refractivity contribution is 5.68. The van der Waals surface area contributed by atoms with Crippen molar-refractivity contribution in [3.8, 4) is 12.3 Å². The van der Waals surface area contributed by atoms with Gasteiger partial charge in [-0.3, -0.25) is 19.2 Å². The third-order valence-electron chi connectivity index (χ3n) is 4.91. The van der Waals surface area contributed by atoms with E-state index in [-0.39, 0.29) is 13.2 Å². The molecule has 0 radical (unpaired) electrons. The van der Waals surface area contributed by atoms with E-state index in [0.717, 1.165) is 26.8 Å². The molecule has 1 saturated heterocycles. The Morgan fingerprint density at radius 3 is 1.94 bits per heavy atom. The van der Waals surface area contributed by atoms with Crippen LogP contribution in [0.5, 0.6) is 0 Å². The van der Waals surface area contributed by atoms with Crippen LogP contribution >= 0.6 is 0 Å². The number of unbranched alkanes of at least 4 members (excludes halogenated alkanes) is 1. The van der Waals surface area contributed by atoms with Crippen molar-refractivity contribution >= 4 is 23.9 Å². The summed E-state index contributed by atoms with van der Waals surface area (Å²) in [6, 6.07) is 0. The number of carbonyl (C=O) groups is 4. The van der Waals surface area contributed by atoms with Gasteiger partial charge in [-0.1, -0.05) is 0 Å². The van der Waals surface area contributed by atoms with E-state index in [9.17, 15) is 19.2 Å². The number of hydrogen-bond acceptors (Lipinski definition) is 10. The molecule has 0 saturated carbocycles. The Hall–Kier alpha value is -2.68. The lowest BCUT2D eigenvalue weighted by atomic mass is 9.98. The van der Waals surface area contributed by atoms with Gasteiger partial charge in [-0.05, 0) is 18.8 Å². The zero-order valence-corrected chi connectivity index (χ0v) is 20.7. The van der Waals surface area contributed by atoms with Crippen LogP contribution in [0.15, 0.2) is 0 Å². The van der Waals surface area contributed by atoms with Crippen molar-refractivity contribution in [2.75, 3.05) is 40.4 Å². The predicted molar refractivity (Wildman–Crippen MR) is 118 cm³/mol. The minimum Gasteiger partial charge on any atom is -0.463 e. The van der Waals surface area contributed by atoms with E-state index in [1.165, 1.54) is 13.8 Å². The van der Waals surface area contributed by atoms with Crippen LogP contribution in [0.4, 0.5) is 0 Å². The fraction of sp³-hybridized carbons (Fsp3) is 0.739. The first-order valence-electron chi connectivity index (χ1n) is 11.0. The molecular formula is C23H36NO10+. The summed E-state index contributed by atoms with van der Waals surface area (Å²) in [7, 11) is 4.06. The largest absolute Gasteiger partial charge is 0.463 e. The van der Waals surface area contributed by atoms with E-state index in [1.54, 1.807) is 0 Å². The molecule has 0 spiro atoms. The topological polar surface area (TPSA) is 124 Å². The molecule has 1 rings (SSSR count). The van der Waals surface area contributed by atoms with Crippen LogP contribution in [0, 0.1) is 12.3 Å². The third kappa shape index (κ3) is 10.5. The Balaban J connectivity index is 3.04. The van der Waals surface area contributed by atoms with Gasteiger partial charge in [0.1, 0.15) is 19.3 Å². The molecule has 11 nitrogen and oxygen atoms in total. The first-order chi connectivity index (χ1) is 15.9. The lowest BCUT2D eigenvalue weighted by molar-refractivity contribution is -0.883. The molecule has 0 aromatic carbocycles. The molecule has 34 heavy (non-hydrogen) atoms. The standard InChI is InChI=1S/C23H36NO10/c1-8-11-24(6,7)12-9-10-13-29-23-22(33-18(5)28)21(32-17(4)27)20(31-16(3)26)19(34-23)14-30-15(2)25/h1,19-23H,9-14H2,2-7H3/q+1/t19-,20-,21+,22-,23?/m1/s1. The molecule has 1 heterocycles. The first kappa shape index (κ1) is 29.4. The number of rotatable bonds is 12. The van der Waals surface area contributed by atoms with Crippen LogP contribution in [0.1, 0.15) is 40.5 Å². The van der Waals surface area contributed by atoms with Crippen molar-refractivity contribution in [2.24, 2.45) is 0 Å². The molecule has 1 fully saturated rings. The van der Waals surface area contributed by atoms with Crippen molar-refractivity contribution in [1.82, 2.24) is 0 Å². The van der Waals surface area contributed by atoms with Crippen molar-refractivity contribution in [3.63, 3.8) is 0 Å². The normalized spacial score (nSPS) is 24.4. The monoisotopic (exact) mass is 486 g/mol. The maximum atomic E-state index is 11.8. The molecule has 0 aromatic heterocycles. The van der Waals surface area contributed by atoms with Gasteiger partial charge in [0.15, 0.2) is 24.6 Å². The number of hydrogen-bond donors (Lipinski definition) is 0. The van der Waals surface area contributed by atoms with Gasteiger partial charge in [-0.25, -0.2) is 0 Å². The highest BCUT2D eigenvalue weighted by Crippen LogP contribution is 2.30. The Labute approximate surface area is 200 Å². The van der Waals surface area contributed by atoms with Crippen LogP contribution < -0.4 is 0 Å². The molecule has 192 valence electrons. The van der Waals surface area contributed by atoms with Crippen molar-refractivity contribution in [1.29, 1.82) is 0 Å². The second kappa shape index (κ2) is 13.9. The zero-order valence-electron chi connectivity index (χ0n) is 20.7. The first-order valence-corrected chi connectivity index (χ1v) is 11.0. The molecule has 1 unspecified atom stereocenters. The highest BCUT2D eigenvalue weighted by atomic mass is 16.7. The second-order valence-electron chi connectivity index (χ2n) is 8.67. The second-order valence-corrected chi connectivity index (χ2v) is 8.67. The van der Waals surface area contributed by atoms with Gasteiger partial charge >= 0.3 is 23.9 Å². The average molecular weight is 487 g/mol. The average Bonchev–Trinajstić information content (AvgIpc) is 2.69. The molecular weight excluding hydrogens is 450 g/mol. The minimum absolute atomic E-state index is 0.240. The molecule has 5 atom stereocenters. The zero-order chi connectivity index (χ0) is 25.9. The molecule has 0 bridgehead atoms. The summed E-state index contributed by atoms with van der Waals surface area (Å²) in [5.41, 5.74) is 0. The number of esters is 4. The van der Waals surface area contributed by atoms with Crippen molar-refractivity contribution in [2.45, 2.75) is 71.2 Å². The van der Waals surface area contributed by atoms with Gasteiger partial charge in [-0.2, -0.15) is 0 Å². The van der Waals surface area contributed by atoms with Crippen LogP contribution in [-0.4, -0.2) is 99.5 Å². The van der Waals surface area contributed by atoms with E-state index in [2.05, 4.69) is 5.92 Å². The van der Waals surface area contributed by atoms with Gasteiger partial charge in [0.2, 0.25) is 0 Å². The Bertz CT molecular complexity index is 759. The minimum atomic E-state index is -1.24. The Kier molecular flexibility index (Phi) is 12.0. The van der Waals surface area contributed by atoms with Crippen molar-refractivity contribution < 1.29 is 52.1 Å². The Morgan fingerprint density at radius 2 is 1.41 bits per heavy atom. The van der Waals surface area contributed by atoms with Gasteiger partial charge in [-0.15, -0.1) is 6.42 Å². The molecule has 0 aliphatic carbocycles. The third-order valence-corrected chi connectivity index (χ3v) is 4.91. The summed E-state index contributed by atoms with van der Waals surface area (Å²) < 4.78 is 33.5. The SMILES string of the molecule is C#CC[N+](C)(C)CCCCOC1O[C@H](COC(C)=O)[C@@H](OC(C)=O)[C@H](OC(C)=O)[C@H]1OC(C)=O. The van der Waals surface area contributed by atoms with Crippen LogP contribution in [0.25, 0.3) is 0 Å². The molecule has 1 aliphatic rings. The summed E-state index contributed by atoms with van der Waals surface area (Å²) >= 11 is 0. The van der Waals surface area contributed by atoms with Crippen LogP contribution in [-0.2, 0) is 47.6 Å². The lowest BCUT2D eigenvalue weighted by Gasteiger charge is -2.44. The fourth-order valence-corrected chi connectivity index (χ4v) is 3.49.